The molecule has 0 atom stereocenters. The van der Waals surface area contributed by atoms with Crippen molar-refractivity contribution in [2.24, 2.45) is 10.9 Å². The van der Waals surface area contributed by atoms with Crippen molar-refractivity contribution in [2.45, 2.75) is 33.9 Å². The van der Waals surface area contributed by atoms with Crippen LogP contribution < -0.4 is 10.6 Å². The highest BCUT2D eigenvalue weighted by molar-refractivity contribution is 5.79. The lowest BCUT2D eigenvalue weighted by molar-refractivity contribution is 0.0342. The summed E-state index contributed by atoms with van der Waals surface area (Å²) in [4.78, 5) is 7.11. The van der Waals surface area contributed by atoms with Crippen molar-refractivity contribution >= 4 is 5.96 Å². The van der Waals surface area contributed by atoms with Gasteiger partial charge in [0, 0.05) is 32.7 Å². The molecule has 1 aliphatic rings. The van der Waals surface area contributed by atoms with Gasteiger partial charge in [-0.3, -0.25) is 4.90 Å². The second-order valence-corrected chi connectivity index (χ2v) is 6.67. The van der Waals surface area contributed by atoms with Gasteiger partial charge in [-0.1, -0.05) is 38.1 Å². The van der Waals surface area contributed by atoms with E-state index in [1.807, 2.05) is 0 Å². The highest BCUT2D eigenvalue weighted by Gasteiger charge is 2.10. The average molecular weight is 332 g/mol. The van der Waals surface area contributed by atoms with E-state index < -0.39 is 0 Å². The third-order valence-electron chi connectivity index (χ3n) is 3.97. The number of benzene rings is 1. The molecule has 1 aromatic carbocycles. The Morgan fingerprint density at radius 2 is 1.79 bits per heavy atom. The molecule has 1 aliphatic heterocycles. The Morgan fingerprint density at radius 3 is 2.42 bits per heavy atom. The lowest BCUT2D eigenvalue weighted by Gasteiger charge is -2.26. The summed E-state index contributed by atoms with van der Waals surface area (Å²) in [6.45, 7) is 13.8. The third kappa shape index (κ3) is 6.89. The molecule has 0 bridgehead atoms. The van der Waals surface area contributed by atoms with Gasteiger partial charge in [0.1, 0.15) is 0 Å². The van der Waals surface area contributed by atoms with Crippen LogP contribution in [-0.4, -0.2) is 50.3 Å². The van der Waals surface area contributed by atoms with E-state index in [-0.39, 0.29) is 0 Å². The van der Waals surface area contributed by atoms with Crippen molar-refractivity contribution in [3.63, 3.8) is 0 Å². The number of hydrogen-bond acceptors (Lipinski definition) is 3. The van der Waals surface area contributed by atoms with E-state index in [4.69, 9.17) is 4.74 Å². The molecule has 0 spiro atoms. The first-order valence-corrected chi connectivity index (χ1v) is 9.07. The zero-order valence-corrected chi connectivity index (χ0v) is 15.3. The fourth-order valence-corrected chi connectivity index (χ4v) is 2.58. The third-order valence-corrected chi connectivity index (χ3v) is 3.97. The number of hydrogen-bond donors (Lipinski definition) is 2. The molecular weight excluding hydrogens is 300 g/mol. The zero-order valence-electron chi connectivity index (χ0n) is 15.3. The summed E-state index contributed by atoms with van der Waals surface area (Å²) >= 11 is 0. The summed E-state index contributed by atoms with van der Waals surface area (Å²) in [6, 6.07) is 8.81. The van der Waals surface area contributed by atoms with E-state index in [1.54, 1.807) is 0 Å². The van der Waals surface area contributed by atoms with E-state index >= 15 is 0 Å². The number of aliphatic imine (C=N–C) groups is 1. The van der Waals surface area contributed by atoms with E-state index in [1.165, 1.54) is 11.1 Å². The Kier molecular flexibility index (Phi) is 8.05. The summed E-state index contributed by atoms with van der Waals surface area (Å²) in [5.74, 6) is 1.50. The van der Waals surface area contributed by atoms with Crippen LogP contribution >= 0.6 is 0 Å². The van der Waals surface area contributed by atoms with Crippen molar-refractivity contribution in [2.75, 3.05) is 39.4 Å². The molecule has 1 aromatic rings. The normalized spacial score (nSPS) is 16.4. The van der Waals surface area contributed by atoms with Crippen molar-refractivity contribution in [1.29, 1.82) is 0 Å². The summed E-state index contributed by atoms with van der Waals surface area (Å²) in [6.07, 6.45) is 0. The Balaban J connectivity index is 1.85. The molecule has 0 radical (unpaired) electrons. The maximum atomic E-state index is 5.40. The van der Waals surface area contributed by atoms with Gasteiger partial charge in [0.2, 0.25) is 0 Å². The molecule has 134 valence electrons. The van der Waals surface area contributed by atoms with Crippen LogP contribution in [0.2, 0.25) is 0 Å². The SMILES string of the molecule is CCNC(=NCc1ccc(CN2CCOCC2)cc1)NCC(C)C. The number of ether oxygens (including phenoxy) is 1. The Bertz CT molecular complexity index is 493. The lowest BCUT2D eigenvalue weighted by atomic mass is 10.1. The van der Waals surface area contributed by atoms with Gasteiger partial charge in [-0.25, -0.2) is 4.99 Å². The van der Waals surface area contributed by atoms with Crippen molar-refractivity contribution in [3.05, 3.63) is 35.4 Å². The molecule has 0 aromatic heterocycles. The summed E-state index contributed by atoms with van der Waals surface area (Å²) < 4.78 is 5.40. The smallest absolute Gasteiger partial charge is 0.191 e. The number of nitrogens with one attached hydrogen (secondary N) is 2. The Labute approximate surface area is 146 Å². The van der Waals surface area contributed by atoms with Crippen LogP contribution in [0.4, 0.5) is 0 Å². The first-order valence-electron chi connectivity index (χ1n) is 9.07. The number of rotatable bonds is 7. The molecule has 24 heavy (non-hydrogen) atoms. The second kappa shape index (κ2) is 10.3. The molecule has 2 rings (SSSR count). The maximum absolute atomic E-state index is 5.40. The van der Waals surface area contributed by atoms with Crippen LogP contribution in [0.25, 0.3) is 0 Å². The average Bonchev–Trinajstić information content (AvgIpc) is 2.59. The van der Waals surface area contributed by atoms with Gasteiger partial charge in [-0.2, -0.15) is 0 Å². The number of morpholine rings is 1. The van der Waals surface area contributed by atoms with E-state index in [0.717, 1.165) is 51.9 Å². The molecule has 0 amide bonds. The van der Waals surface area contributed by atoms with Gasteiger partial charge in [0.25, 0.3) is 0 Å². The first-order chi connectivity index (χ1) is 11.7. The molecule has 1 saturated heterocycles. The van der Waals surface area contributed by atoms with Crippen molar-refractivity contribution in [3.8, 4) is 0 Å². The minimum absolute atomic E-state index is 0.605. The fraction of sp³-hybridized carbons (Fsp3) is 0.632. The molecule has 0 unspecified atom stereocenters. The highest BCUT2D eigenvalue weighted by atomic mass is 16.5. The molecule has 0 saturated carbocycles. The first kappa shape index (κ1) is 18.7. The molecule has 2 N–H and O–H groups in total. The predicted octanol–water partition coefficient (Wildman–Crippen LogP) is 2.23. The standard InChI is InChI=1S/C19H32N4O/c1-4-20-19(21-13-16(2)3)22-14-17-5-7-18(8-6-17)15-23-9-11-24-12-10-23/h5-8,16H,4,9-15H2,1-3H3,(H2,20,21,22). The number of nitrogens with zero attached hydrogens (tertiary/aromatic N) is 2. The predicted molar refractivity (Wildman–Crippen MR) is 100 cm³/mol. The maximum Gasteiger partial charge on any atom is 0.191 e. The van der Waals surface area contributed by atoms with E-state index in [9.17, 15) is 0 Å². The van der Waals surface area contributed by atoms with Gasteiger partial charge in [0.05, 0.1) is 19.8 Å². The van der Waals surface area contributed by atoms with Gasteiger partial charge >= 0.3 is 0 Å². The topological polar surface area (TPSA) is 48.9 Å². The zero-order chi connectivity index (χ0) is 17.2. The van der Waals surface area contributed by atoms with Crippen molar-refractivity contribution in [1.82, 2.24) is 15.5 Å². The monoisotopic (exact) mass is 332 g/mol. The minimum atomic E-state index is 0.605. The molecule has 1 heterocycles. The Hall–Kier alpha value is -1.59. The van der Waals surface area contributed by atoms with Crippen LogP contribution in [0.5, 0.6) is 0 Å². The number of guanidine groups is 1. The van der Waals surface area contributed by atoms with Gasteiger partial charge < -0.3 is 15.4 Å². The fourth-order valence-electron chi connectivity index (χ4n) is 2.58. The van der Waals surface area contributed by atoms with Gasteiger partial charge in [-0.05, 0) is 24.0 Å². The van der Waals surface area contributed by atoms with Crippen LogP contribution in [0.1, 0.15) is 31.9 Å². The summed E-state index contributed by atoms with van der Waals surface area (Å²) in [5.41, 5.74) is 2.59. The molecular formula is C19H32N4O. The van der Waals surface area contributed by atoms with Gasteiger partial charge in [0.15, 0.2) is 5.96 Å². The minimum Gasteiger partial charge on any atom is -0.379 e. The van der Waals surface area contributed by atoms with Crippen molar-refractivity contribution < 1.29 is 4.74 Å². The van der Waals surface area contributed by atoms with Gasteiger partial charge in [-0.15, -0.1) is 0 Å². The quantitative estimate of drug-likeness (QED) is 0.594. The summed E-state index contributed by atoms with van der Waals surface area (Å²) in [5, 5.41) is 6.67. The summed E-state index contributed by atoms with van der Waals surface area (Å²) in [7, 11) is 0. The largest absolute Gasteiger partial charge is 0.379 e. The van der Waals surface area contributed by atoms with Crippen LogP contribution in [0.15, 0.2) is 29.3 Å². The van der Waals surface area contributed by atoms with Crippen LogP contribution in [0.3, 0.4) is 0 Å². The molecule has 0 aliphatic carbocycles. The Morgan fingerprint density at radius 1 is 1.12 bits per heavy atom. The lowest BCUT2D eigenvalue weighted by Crippen LogP contribution is -2.39. The second-order valence-electron chi connectivity index (χ2n) is 6.67. The van der Waals surface area contributed by atoms with Crippen LogP contribution in [-0.2, 0) is 17.8 Å². The molecule has 1 fully saturated rings. The molecule has 5 heteroatoms. The van der Waals surface area contributed by atoms with E-state index in [2.05, 4.69) is 65.6 Å². The molecule has 5 nitrogen and oxygen atoms in total. The van der Waals surface area contributed by atoms with E-state index in [0.29, 0.717) is 12.5 Å². The highest BCUT2D eigenvalue weighted by Crippen LogP contribution is 2.10. The van der Waals surface area contributed by atoms with Crippen LogP contribution in [0, 0.1) is 5.92 Å².